The Morgan fingerprint density at radius 1 is 1.57 bits per heavy atom. The highest BCUT2D eigenvalue weighted by Crippen LogP contribution is 2.42. The molecule has 1 saturated carbocycles. The Morgan fingerprint density at radius 3 is 2.95 bits per heavy atom. The second-order valence-corrected chi connectivity index (χ2v) is 5.73. The zero-order valence-electron chi connectivity index (χ0n) is 12.5. The van der Waals surface area contributed by atoms with E-state index in [4.69, 9.17) is 9.84 Å². The quantitative estimate of drug-likeness (QED) is 0.813. The van der Waals surface area contributed by atoms with Gasteiger partial charge in [-0.2, -0.15) is 0 Å². The molecule has 1 aromatic heterocycles. The summed E-state index contributed by atoms with van der Waals surface area (Å²) in [5, 5.41) is 11.7. The molecular weight excluding hydrogens is 268 g/mol. The predicted octanol–water partition coefficient (Wildman–Crippen LogP) is 0.969. The van der Waals surface area contributed by atoms with Gasteiger partial charge in [-0.1, -0.05) is 25.7 Å². The Hall–Kier alpha value is -1.90. The minimum atomic E-state index is -0.217. The van der Waals surface area contributed by atoms with Gasteiger partial charge in [-0.25, -0.2) is 0 Å². The molecule has 0 bridgehead atoms. The fraction of sp³-hybridized carbons (Fsp3) is 0.500. The predicted molar refractivity (Wildman–Crippen MR) is 78.7 cm³/mol. The van der Waals surface area contributed by atoms with E-state index in [1.807, 2.05) is 0 Å². The summed E-state index contributed by atoms with van der Waals surface area (Å²) in [6, 6.07) is 1.76. The SMILES string of the molecule is COC1CC(NC(=O)c2cncc(C#CCO)c2)C1(C)C. The summed E-state index contributed by atoms with van der Waals surface area (Å²) in [6.07, 6.45) is 4.06. The number of pyridine rings is 1. The lowest BCUT2D eigenvalue weighted by Crippen LogP contribution is -2.61. The molecule has 0 spiro atoms. The van der Waals surface area contributed by atoms with Gasteiger partial charge in [0.2, 0.25) is 0 Å². The number of aromatic nitrogens is 1. The van der Waals surface area contributed by atoms with Gasteiger partial charge in [0.05, 0.1) is 11.7 Å². The van der Waals surface area contributed by atoms with Crippen LogP contribution in [0.2, 0.25) is 0 Å². The topological polar surface area (TPSA) is 71.5 Å². The summed E-state index contributed by atoms with van der Waals surface area (Å²) in [7, 11) is 1.69. The van der Waals surface area contributed by atoms with Crippen LogP contribution in [0.25, 0.3) is 0 Å². The van der Waals surface area contributed by atoms with Crippen LogP contribution in [0.4, 0.5) is 0 Å². The molecule has 2 unspecified atom stereocenters. The van der Waals surface area contributed by atoms with E-state index in [9.17, 15) is 4.79 Å². The fourth-order valence-corrected chi connectivity index (χ4v) is 2.55. The number of ether oxygens (including phenoxy) is 1. The first kappa shape index (κ1) is 15.5. The highest BCUT2D eigenvalue weighted by atomic mass is 16.5. The summed E-state index contributed by atoms with van der Waals surface area (Å²) < 4.78 is 5.38. The van der Waals surface area contributed by atoms with Crippen molar-refractivity contribution in [3.8, 4) is 11.8 Å². The summed E-state index contributed by atoms with van der Waals surface area (Å²) >= 11 is 0. The third-order valence-corrected chi connectivity index (χ3v) is 4.08. The molecule has 1 amide bonds. The summed E-state index contributed by atoms with van der Waals surface area (Å²) in [5.74, 6) is 5.11. The Labute approximate surface area is 124 Å². The molecule has 1 aliphatic carbocycles. The molecule has 1 fully saturated rings. The first-order valence-electron chi connectivity index (χ1n) is 6.87. The lowest BCUT2D eigenvalue weighted by Gasteiger charge is -2.51. The molecule has 0 aromatic carbocycles. The lowest BCUT2D eigenvalue weighted by atomic mass is 9.64. The van der Waals surface area contributed by atoms with E-state index < -0.39 is 0 Å². The Balaban J connectivity index is 2.05. The van der Waals surface area contributed by atoms with Crippen LogP contribution >= 0.6 is 0 Å². The molecule has 2 rings (SSSR count). The van der Waals surface area contributed by atoms with Crippen LogP contribution in [0.15, 0.2) is 18.5 Å². The average Bonchev–Trinajstić information content (AvgIpc) is 2.49. The second kappa shape index (κ2) is 6.25. The number of methoxy groups -OCH3 is 1. The van der Waals surface area contributed by atoms with Crippen molar-refractivity contribution in [2.45, 2.75) is 32.4 Å². The van der Waals surface area contributed by atoms with Crippen molar-refractivity contribution in [2.75, 3.05) is 13.7 Å². The number of hydrogen-bond donors (Lipinski definition) is 2. The third-order valence-electron chi connectivity index (χ3n) is 4.08. The highest BCUT2D eigenvalue weighted by Gasteiger charge is 2.49. The monoisotopic (exact) mass is 288 g/mol. The van der Waals surface area contributed by atoms with E-state index in [0.29, 0.717) is 11.1 Å². The zero-order chi connectivity index (χ0) is 15.5. The number of carbonyl (C=O) groups excluding carboxylic acids is 1. The highest BCUT2D eigenvalue weighted by molar-refractivity contribution is 5.94. The first-order valence-corrected chi connectivity index (χ1v) is 6.87. The first-order chi connectivity index (χ1) is 9.98. The van der Waals surface area contributed by atoms with E-state index in [1.54, 1.807) is 19.4 Å². The van der Waals surface area contributed by atoms with Crippen LogP contribution in [0.3, 0.4) is 0 Å². The third kappa shape index (κ3) is 3.23. The minimum absolute atomic E-state index is 0.0772. The van der Waals surface area contributed by atoms with Crippen LogP contribution in [-0.4, -0.2) is 41.9 Å². The maximum absolute atomic E-state index is 12.3. The van der Waals surface area contributed by atoms with Gasteiger partial charge in [-0.15, -0.1) is 0 Å². The van der Waals surface area contributed by atoms with Crippen LogP contribution in [0.5, 0.6) is 0 Å². The molecule has 1 heterocycles. The number of hydrogen-bond acceptors (Lipinski definition) is 4. The molecule has 0 aliphatic heterocycles. The molecular formula is C16H20N2O3. The van der Waals surface area contributed by atoms with Gasteiger partial charge in [0.1, 0.15) is 6.61 Å². The summed E-state index contributed by atoms with van der Waals surface area (Å²) in [5.41, 5.74) is 1.00. The smallest absolute Gasteiger partial charge is 0.253 e. The Bertz CT molecular complexity index is 587. The van der Waals surface area contributed by atoms with Crippen molar-refractivity contribution in [3.63, 3.8) is 0 Å². The number of nitrogens with zero attached hydrogens (tertiary/aromatic N) is 1. The van der Waals surface area contributed by atoms with Gasteiger partial charge in [0.15, 0.2) is 0 Å². The van der Waals surface area contributed by atoms with Crippen LogP contribution < -0.4 is 5.32 Å². The number of aliphatic hydroxyl groups excluding tert-OH is 1. The van der Waals surface area contributed by atoms with Crippen LogP contribution in [0, 0.1) is 17.3 Å². The Morgan fingerprint density at radius 2 is 2.33 bits per heavy atom. The van der Waals surface area contributed by atoms with Crippen molar-refractivity contribution in [1.82, 2.24) is 10.3 Å². The van der Waals surface area contributed by atoms with Crippen LogP contribution in [0.1, 0.15) is 36.2 Å². The number of carbonyl (C=O) groups is 1. The van der Waals surface area contributed by atoms with Gasteiger partial charge >= 0.3 is 0 Å². The van der Waals surface area contributed by atoms with Gasteiger partial charge in [0.25, 0.3) is 5.91 Å². The molecule has 21 heavy (non-hydrogen) atoms. The van der Waals surface area contributed by atoms with Crippen molar-refractivity contribution < 1.29 is 14.6 Å². The van der Waals surface area contributed by atoms with Crippen molar-refractivity contribution in [3.05, 3.63) is 29.6 Å². The van der Waals surface area contributed by atoms with Gasteiger partial charge in [-0.05, 0) is 12.5 Å². The van der Waals surface area contributed by atoms with Gasteiger partial charge in [-0.3, -0.25) is 9.78 Å². The molecule has 5 nitrogen and oxygen atoms in total. The van der Waals surface area contributed by atoms with E-state index >= 15 is 0 Å². The van der Waals surface area contributed by atoms with Gasteiger partial charge < -0.3 is 15.2 Å². The van der Waals surface area contributed by atoms with Crippen molar-refractivity contribution in [2.24, 2.45) is 5.41 Å². The molecule has 0 radical (unpaired) electrons. The maximum atomic E-state index is 12.3. The number of rotatable bonds is 3. The molecule has 112 valence electrons. The summed E-state index contributed by atoms with van der Waals surface area (Å²) in [6.45, 7) is 3.94. The molecule has 0 saturated heterocycles. The zero-order valence-corrected chi connectivity index (χ0v) is 12.5. The minimum Gasteiger partial charge on any atom is -0.384 e. The van der Waals surface area contributed by atoms with E-state index in [0.717, 1.165) is 6.42 Å². The van der Waals surface area contributed by atoms with Crippen molar-refractivity contribution >= 4 is 5.91 Å². The molecule has 2 atom stereocenters. The lowest BCUT2D eigenvalue weighted by molar-refractivity contribution is -0.0942. The number of aliphatic hydroxyl groups is 1. The van der Waals surface area contributed by atoms with E-state index in [2.05, 4.69) is 36.0 Å². The fourth-order valence-electron chi connectivity index (χ4n) is 2.55. The van der Waals surface area contributed by atoms with Gasteiger partial charge in [0, 0.05) is 36.5 Å². The molecule has 2 N–H and O–H groups in total. The number of amides is 1. The second-order valence-electron chi connectivity index (χ2n) is 5.73. The average molecular weight is 288 g/mol. The molecule has 1 aliphatic rings. The maximum Gasteiger partial charge on any atom is 0.253 e. The Kier molecular flexibility index (Phi) is 4.61. The van der Waals surface area contributed by atoms with Crippen LogP contribution in [-0.2, 0) is 4.74 Å². The standard InChI is InChI=1S/C16H20N2O3/c1-16(2)13(8-14(16)21-3)18-15(20)12-7-11(5-4-6-19)9-17-10-12/h7,9-10,13-14,19H,6,8H2,1-3H3,(H,18,20). The largest absolute Gasteiger partial charge is 0.384 e. The van der Waals surface area contributed by atoms with E-state index in [-0.39, 0.29) is 30.1 Å². The van der Waals surface area contributed by atoms with Crippen molar-refractivity contribution in [1.29, 1.82) is 0 Å². The van der Waals surface area contributed by atoms with E-state index in [1.165, 1.54) is 6.20 Å². The summed E-state index contributed by atoms with van der Waals surface area (Å²) in [4.78, 5) is 16.3. The molecule has 5 heteroatoms. The molecule has 1 aromatic rings. The number of nitrogens with one attached hydrogen (secondary N) is 1. The normalized spacial score (nSPS) is 22.7.